The topological polar surface area (TPSA) is 86.6 Å². The van der Waals surface area contributed by atoms with Crippen molar-refractivity contribution in [1.82, 2.24) is 0 Å². The molecule has 1 unspecified atom stereocenters. The molecule has 1 aliphatic rings. The second-order valence-electron chi connectivity index (χ2n) is 5.64. The van der Waals surface area contributed by atoms with Gasteiger partial charge in [0.05, 0.1) is 12.0 Å². The fourth-order valence-corrected chi connectivity index (χ4v) is 2.99. The Morgan fingerprint density at radius 1 is 1.04 bits per heavy atom. The van der Waals surface area contributed by atoms with Crippen LogP contribution < -0.4 is 5.11 Å². The number of benzene rings is 2. The molecule has 0 aliphatic heterocycles. The molecule has 0 N–H and O–H groups in total. The zero-order chi connectivity index (χ0) is 18.0. The van der Waals surface area contributed by atoms with Gasteiger partial charge in [0.2, 0.25) is 5.78 Å². The Hall–Kier alpha value is -2.79. The predicted octanol–water partition coefficient (Wildman–Crippen LogP) is 1.48. The molecular weight excluding hydrogens is 342 g/mol. The summed E-state index contributed by atoms with van der Waals surface area (Å²) < 4.78 is 0. The Labute approximate surface area is 149 Å². The third-order valence-electron chi connectivity index (χ3n) is 3.98. The molecule has 6 heteroatoms. The van der Waals surface area contributed by atoms with Crippen LogP contribution >= 0.6 is 11.6 Å². The van der Waals surface area contributed by atoms with E-state index in [4.69, 9.17) is 11.6 Å². The molecule has 0 saturated heterocycles. The van der Waals surface area contributed by atoms with Crippen molar-refractivity contribution in [2.45, 2.75) is 17.8 Å². The standard InChI is InChI=1S/C19H14ClNO4/c20-15-16(18(23)13-9-5-4-8-12(13)17(15)22)21-14(19(24)25)10-11-6-2-1-3-7-11/h1-9,14-15H,10H2,(H,24,25)/p-1/t14-,15?/m0/s1. The maximum atomic E-state index is 12.6. The summed E-state index contributed by atoms with van der Waals surface area (Å²) in [7, 11) is 0. The molecule has 0 aromatic heterocycles. The zero-order valence-corrected chi connectivity index (χ0v) is 13.8. The van der Waals surface area contributed by atoms with E-state index in [0.717, 1.165) is 5.56 Å². The van der Waals surface area contributed by atoms with E-state index in [1.807, 2.05) is 0 Å². The first-order valence-corrected chi connectivity index (χ1v) is 8.07. The third-order valence-corrected chi connectivity index (χ3v) is 4.38. The molecule has 1 aliphatic carbocycles. The van der Waals surface area contributed by atoms with E-state index in [2.05, 4.69) is 4.99 Å². The van der Waals surface area contributed by atoms with E-state index in [9.17, 15) is 19.5 Å². The molecule has 2 aromatic carbocycles. The highest BCUT2D eigenvalue weighted by Gasteiger charge is 2.37. The monoisotopic (exact) mass is 354 g/mol. The molecule has 0 amide bonds. The van der Waals surface area contributed by atoms with Crippen LogP contribution in [-0.4, -0.2) is 34.7 Å². The first-order valence-electron chi connectivity index (χ1n) is 7.63. The number of halogens is 1. The number of Topliss-reactive ketones (excluding diaryl/α,β-unsaturated/α-hetero) is 2. The minimum Gasteiger partial charge on any atom is -0.548 e. The van der Waals surface area contributed by atoms with Crippen LogP contribution in [0.25, 0.3) is 0 Å². The van der Waals surface area contributed by atoms with Gasteiger partial charge < -0.3 is 9.90 Å². The highest BCUT2D eigenvalue weighted by atomic mass is 35.5. The molecular formula is C19H13ClNO4-. The summed E-state index contributed by atoms with van der Waals surface area (Å²) in [5.41, 5.74) is 0.872. The summed E-state index contributed by atoms with van der Waals surface area (Å²) in [5.74, 6) is -2.43. The van der Waals surface area contributed by atoms with Crippen molar-refractivity contribution in [3.63, 3.8) is 0 Å². The number of carbonyl (C=O) groups excluding carboxylic acids is 3. The van der Waals surface area contributed by atoms with Crippen molar-refractivity contribution in [1.29, 1.82) is 0 Å². The van der Waals surface area contributed by atoms with Gasteiger partial charge in [-0.2, -0.15) is 0 Å². The Morgan fingerprint density at radius 2 is 1.64 bits per heavy atom. The molecule has 3 rings (SSSR count). The summed E-state index contributed by atoms with van der Waals surface area (Å²) >= 11 is 6.09. The van der Waals surface area contributed by atoms with Crippen molar-refractivity contribution < 1.29 is 19.5 Å². The Bertz CT molecular complexity index is 876. The largest absolute Gasteiger partial charge is 0.548 e. The van der Waals surface area contributed by atoms with Crippen LogP contribution in [0, 0.1) is 0 Å². The SMILES string of the molecule is O=C1C(=N[C@@H](Cc2ccccc2)C(=O)[O-])C(Cl)C(=O)c2ccccc21. The van der Waals surface area contributed by atoms with Gasteiger partial charge in [0.15, 0.2) is 5.78 Å². The molecule has 0 fully saturated rings. The van der Waals surface area contributed by atoms with Crippen LogP contribution in [0.4, 0.5) is 0 Å². The van der Waals surface area contributed by atoms with E-state index >= 15 is 0 Å². The van der Waals surface area contributed by atoms with Gasteiger partial charge in [-0.25, -0.2) is 0 Å². The smallest absolute Gasteiger partial charge is 0.209 e. The van der Waals surface area contributed by atoms with Gasteiger partial charge in [-0.15, -0.1) is 11.6 Å². The highest BCUT2D eigenvalue weighted by molar-refractivity contribution is 6.64. The number of aliphatic imine (C=N–C) groups is 1. The number of carboxylic acid groups (broad SMARTS) is 1. The third kappa shape index (κ3) is 3.37. The van der Waals surface area contributed by atoms with Crippen molar-refractivity contribution in [3.8, 4) is 0 Å². The maximum absolute atomic E-state index is 12.6. The highest BCUT2D eigenvalue weighted by Crippen LogP contribution is 2.24. The molecule has 0 bridgehead atoms. The first kappa shape index (κ1) is 17.0. The summed E-state index contributed by atoms with van der Waals surface area (Å²) in [4.78, 5) is 40.4. The molecule has 2 atom stereocenters. The molecule has 0 spiro atoms. The van der Waals surface area contributed by atoms with Crippen LogP contribution in [0.1, 0.15) is 26.3 Å². The molecule has 0 saturated carbocycles. The summed E-state index contributed by atoms with van der Waals surface area (Å²) in [6, 6.07) is 13.8. The lowest BCUT2D eigenvalue weighted by Crippen LogP contribution is -2.42. The van der Waals surface area contributed by atoms with Crippen LogP contribution in [0.3, 0.4) is 0 Å². The zero-order valence-electron chi connectivity index (χ0n) is 13.0. The lowest BCUT2D eigenvalue weighted by molar-refractivity contribution is -0.307. The lowest BCUT2D eigenvalue weighted by atomic mass is 9.87. The first-order chi connectivity index (χ1) is 12.0. The van der Waals surface area contributed by atoms with E-state index in [0.29, 0.717) is 0 Å². The number of aliphatic carboxylic acids is 1. The van der Waals surface area contributed by atoms with E-state index in [1.165, 1.54) is 12.1 Å². The molecule has 0 heterocycles. The van der Waals surface area contributed by atoms with E-state index in [-0.39, 0.29) is 23.3 Å². The number of carbonyl (C=O) groups is 3. The van der Waals surface area contributed by atoms with Crippen LogP contribution in [-0.2, 0) is 11.2 Å². The maximum Gasteiger partial charge on any atom is 0.209 e. The fourth-order valence-electron chi connectivity index (χ4n) is 2.72. The van der Waals surface area contributed by atoms with Crippen LogP contribution in [0.2, 0.25) is 0 Å². The summed E-state index contributed by atoms with van der Waals surface area (Å²) in [6.07, 6.45) is 0.0411. The van der Waals surface area contributed by atoms with E-state index in [1.54, 1.807) is 42.5 Å². The van der Waals surface area contributed by atoms with Crippen molar-refractivity contribution in [2.75, 3.05) is 0 Å². The van der Waals surface area contributed by atoms with Gasteiger partial charge in [0.1, 0.15) is 11.1 Å². The second kappa shape index (κ2) is 6.99. The van der Waals surface area contributed by atoms with Gasteiger partial charge in [-0.05, 0) is 5.56 Å². The van der Waals surface area contributed by atoms with Crippen molar-refractivity contribution >= 4 is 34.8 Å². The average molecular weight is 355 g/mol. The molecule has 25 heavy (non-hydrogen) atoms. The Morgan fingerprint density at radius 3 is 2.28 bits per heavy atom. The van der Waals surface area contributed by atoms with Gasteiger partial charge in [0.25, 0.3) is 0 Å². The molecule has 126 valence electrons. The predicted molar refractivity (Wildman–Crippen MR) is 91.1 cm³/mol. The van der Waals surface area contributed by atoms with Gasteiger partial charge in [-0.3, -0.25) is 14.6 Å². The summed E-state index contributed by atoms with van der Waals surface area (Å²) in [6.45, 7) is 0. The fraction of sp³-hybridized carbons (Fsp3) is 0.158. The molecule has 5 nitrogen and oxygen atoms in total. The Balaban J connectivity index is 1.99. The quantitative estimate of drug-likeness (QED) is 0.778. The van der Waals surface area contributed by atoms with E-state index < -0.39 is 29.0 Å². The number of hydrogen-bond acceptors (Lipinski definition) is 5. The van der Waals surface area contributed by atoms with Gasteiger partial charge in [0, 0.05) is 17.5 Å². The van der Waals surface area contributed by atoms with Gasteiger partial charge in [-0.1, -0.05) is 54.6 Å². The number of fused-ring (bicyclic) bond motifs is 1. The minimum atomic E-state index is -1.43. The number of hydrogen-bond donors (Lipinski definition) is 0. The summed E-state index contributed by atoms with van der Waals surface area (Å²) in [5, 5.41) is 10.2. The van der Waals surface area contributed by atoms with Crippen molar-refractivity contribution in [2.24, 2.45) is 4.99 Å². The number of nitrogens with zero attached hydrogens (tertiary/aromatic N) is 1. The average Bonchev–Trinajstić information content (AvgIpc) is 2.63. The number of carboxylic acids is 1. The van der Waals surface area contributed by atoms with Gasteiger partial charge >= 0.3 is 0 Å². The normalized spacial score (nSPS) is 19.6. The minimum absolute atomic E-state index is 0.0411. The van der Waals surface area contributed by atoms with Crippen LogP contribution in [0.5, 0.6) is 0 Å². The lowest BCUT2D eigenvalue weighted by Gasteiger charge is -2.22. The number of ketones is 2. The Kier molecular flexibility index (Phi) is 4.76. The number of rotatable bonds is 4. The van der Waals surface area contributed by atoms with Crippen molar-refractivity contribution in [3.05, 3.63) is 71.3 Å². The number of alkyl halides is 1. The van der Waals surface area contributed by atoms with Crippen LogP contribution in [0.15, 0.2) is 59.6 Å². The molecule has 0 radical (unpaired) electrons. The molecule has 2 aromatic rings. The second-order valence-corrected chi connectivity index (χ2v) is 6.08.